The minimum atomic E-state index is -0.447. The van der Waals surface area contributed by atoms with E-state index in [1.165, 1.54) is 0 Å². The summed E-state index contributed by atoms with van der Waals surface area (Å²) < 4.78 is 22.3. The molecule has 0 amide bonds. The van der Waals surface area contributed by atoms with Crippen LogP contribution in [0.5, 0.6) is 0 Å². The third-order valence-corrected chi connectivity index (χ3v) is 3.42. The number of ether oxygens (including phenoxy) is 4. The molecule has 4 heteroatoms. The van der Waals surface area contributed by atoms with Gasteiger partial charge in [-0.3, -0.25) is 0 Å². The fraction of sp³-hybridized carbons (Fsp3) is 0.846. The Labute approximate surface area is 103 Å². The van der Waals surface area contributed by atoms with E-state index in [1.807, 2.05) is 13.8 Å². The molecular formula is C13H22O4. The van der Waals surface area contributed by atoms with Crippen LogP contribution in [-0.4, -0.2) is 39.3 Å². The molecule has 1 saturated heterocycles. The monoisotopic (exact) mass is 242 g/mol. The molecule has 0 aromatic carbocycles. The largest absolute Gasteiger partial charge is 0.496 e. The van der Waals surface area contributed by atoms with Crippen LogP contribution in [0.3, 0.4) is 0 Å². The van der Waals surface area contributed by atoms with Crippen LogP contribution in [-0.2, 0) is 18.9 Å². The second-order valence-electron chi connectivity index (χ2n) is 5.38. The topological polar surface area (TPSA) is 36.9 Å². The Balaban J connectivity index is 1.98. The average molecular weight is 242 g/mol. The molecule has 2 heterocycles. The molecule has 0 radical (unpaired) electrons. The molecule has 4 nitrogen and oxygen atoms in total. The molecule has 1 spiro atoms. The average Bonchev–Trinajstić information content (AvgIpc) is 2.48. The van der Waals surface area contributed by atoms with Crippen LogP contribution in [0.25, 0.3) is 0 Å². The first-order valence-electron chi connectivity index (χ1n) is 6.14. The van der Waals surface area contributed by atoms with Crippen molar-refractivity contribution in [1.82, 2.24) is 0 Å². The van der Waals surface area contributed by atoms with Crippen LogP contribution < -0.4 is 0 Å². The minimum absolute atomic E-state index is 0.0744. The Morgan fingerprint density at radius 2 is 2.00 bits per heavy atom. The smallest absolute Gasteiger partial charge is 0.162 e. The van der Waals surface area contributed by atoms with Gasteiger partial charge in [-0.15, -0.1) is 0 Å². The van der Waals surface area contributed by atoms with E-state index in [9.17, 15) is 0 Å². The summed E-state index contributed by atoms with van der Waals surface area (Å²) in [4.78, 5) is 0. The SMILES string of the molecule is COCC1=CCC2(CCO1)COC(C)(C)OC2. The lowest BCUT2D eigenvalue weighted by molar-refractivity contribution is -0.286. The predicted octanol–water partition coefficient (Wildman–Crippen LogP) is 2.10. The molecule has 0 bridgehead atoms. The van der Waals surface area contributed by atoms with Crippen molar-refractivity contribution in [2.45, 2.75) is 32.5 Å². The van der Waals surface area contributed by atoms with E-state index in [4.69, 9.17) is 18.9 Å². The zero-order valence-electron chi connectivity index (χ0n) is 11.0. The molecule has 0 atom stereocenters. The number of hydrogen-bond acceptors (Lipinski definition) is 4. The van der Waals surface area contributed by atoms with Crippen LogP contribution in [0.4, 0.5) is 0 Å². The van der Waals surface area contributed by atoms with E-state index in [0.29, 0.717) is 13.2 Å². The predicted molar refractivity (Wildman–Crippen MR) is 63.6 cm³/mol. The Morgan fingerprint density at radius 1 is 1.29 bits per heavy atom. The van der Waals surface area contributed by atoms with E-state index in [0.717, 1.165) is 31.8 Å². The maximum absolute atomic E-state index is 5.77. The van der Waals surface area contributed by atoms with Crippen LogP contribution in [0.1, 0.15) is 26.7 Å². The molecule has 0 saturated carbocycles. The molecule has 2 aliphatic rings. The highest BCUT2D eigenvalue weighted by molar-refractivity contribution is 5.01. The van der Waals surface area contributed by atoms with Gasteiger partial charge < -0.3 is 18.9 Å². The van der Waals surface area contributed by atoms with Crippen molar-refractivity contribution >= 4 is 0 Å². The van der Waals surface area contributed by atoms with Gasteiger partial charge >= 0.3 is 0 Å². The molecule has 98 valence electrons. The lowest BCUT2D eigenvalue weighted by atomic mass is 9.82. The van der Waals surface area contributed by atoms with Gasteiger partial charge in [0.2, 0.25) is 0 Å². The molecule has 2 rings (SSSR count). The highest BCUT2D eigenvalue weighted by atomic mass is 16.7. The summed E-state index contributed by atoms with van der Waals surface area (Å²) in [5.74, 6) is 0.478. The number of methoxy groups -OCH3 is 1. The fourth-order valence-electron chi connectivity index (χ4n) is 2.13. The zero-order valence-corrected chi connectivity index (χ0v) is 11.0. The van der Waals surface area contributed by atoms with Crippen LogP contribution in [0, 0.1) is 5.41 Å². The normalized spacial score (nSPS) is 27.1. The van der Waals surface area contributed by atoms with Crippen LogP contribution in [0.2, 0.25) is 0 Å². The minimum Gasteiger partial charge on any atom is -0.496 e. The fourth-order valence-corrected chi connectivity index (χ4v) is 2.13. The Bertz CT molecular complexity index is 286. The lowest BCUT2D eigenvalue weighted by Crippen LogP contribution is -2.46. The van der Waals surface area contributed by atoms with Crippen molar-refractivity contribution in [2.75, 3.05) is 33.5 Å². The second-order valence-corrected chi connectivity index (χ2v) is 5.38. The number of rotatable bonds is 2. The molecule has 0 aromatic rings. The quantitative estimate of drug-likeness (QED) is 0.743. The summed E-state index contributed by atoms with van der Waals surface area (Å²) >= 11 is 0. The van der Waals surface area contributed by atoms with E-state index >= 15 is 0 Å². The third kappa shape index (κ3) is 3.21. The molecule has 0 N–H and O–H groups in total. The Kier molecular flexibility index (Phi) is 3.76. The van der Waals surface area contributed by atoms with E-state index in [2.05, 4.69) is 6.08 Å². The van der Waals surface area contributed by atoms with Crippen molar-refractivity contribution in [3.63, 3.8) is 0 Å². The van der Waals surface area contributed by atoms with Crippen molar-refractivity contribution in [1.29, 1.82) is 0 Å². The molecule has 0 aliphatic carbocycles. The van der Waals surface area contributed by atoms with Gasteiger partial charge in [0.15, 0.2) is 5.79 Å². The zero-order chi connectivity index (χ0) is 12.4. The standard InChI is InChI=1S/C13H22O4/c1-12(2)16-9-13(10-17-12)5-4-11(8-14-3)15-7-6-13/h4H,5-10H2,1-3H3. The summed E-state index contributed by atoms with van der Waals surface area (Å²) in [5, 5.41) is 0. The van der Waals surface area contributed by atoms with Gasteiger partial charge in [0.05, 0.1) is 19.8 Å². The van der Waals surface area contributed by atoms with Gasteiger partial charge in [-0.25, -0.2) is 0 Å². The van der Waals surface area contributed by atoms with Gasteiger partial charge in [-0.05, 0) is 32.8 Å². The summed E-state index contributed by atoms with van der Waals surface area (Å²) in [5.41, 5.74) is 0.0744. The first kappa shape index (κ1) is 12.9. The first-order valence-corrected chi connectivity index (χ1v) is 6.14. The van der Waals surface area contributed by atoms with E-state index in [-0.39, 0.29) is 5.41 Å². The van der Waals surface area contributed by atoms with Crippen molar-refractivity contribution in [2.24, 2.45) is 5.41 Å². The summed E-state index contributed by atoms with van der Waals surface area (Å²) in [6.45, 7) is 6.64. The van der Waals surface area contributed by atoms with E-state index < -0.39 is 5.79 Å². The Hall–Kier alpha value is -0.580. The molecule has 0 aromatic heterocycles. The van der Waals surface area contributed by atoms with Gasteiger partial charge in [-0.2, -0.15) is 0 Å². The maximum Gasteiger partial charge on any atom is 0.162 e. The molecule has 0 unspecified atom stereocenters. The van der Waals surface area contributed by atoms with Gasteiger partial charge in [-0.1, -0.05) is 0 Å². The third-order valence-electron chi connectivity index (χ3n) is 3.42. The summed E-state index contributed by atoms with van der Waals surface area (Å²) in [7, 11) is 1.68. The molecular weight excluding hydrogens is 220 g/mol. The van der Waals surface area contributed by atoms with Gasteiger partial charge in [0.25, 0.3) is 0 Å². The summed E-state index contributed by atoms with van der Waals surface area (Å²) in [6, 6.07) is 0. The summed E-state index contributed by atoms with van der Waals surface area (Å²) in [6.07, 6.45) is 4.01. The first-order chi connectivity index (χ1) is 8.05. The second kappa shape index (κ2) is 4.96. The van der Waals surface area contributed by atoms with Crippen LogP contribution >= 0.6 is 0 Å². The van der Waals surface area contributed by atoms with Gasteiger partial charge in [0.1, 0.15) is 12.4 Å². The van der Waals surface area contributed by atoms with E-state index in [1.54, 1.807) is 7.11 Å². The number of allylic oxidation sites excluding steroid dienone is 1. The molecule has 2 aliphatic heterocycles. The van der Waals surface area contributed by atoms with Crippen molar-refractivity contribution < 1.29 is 18.9 Å². The number of hydrogen-bond donors (Lipinski definition) is 0. The molecule has 17 heavy (non-hydrogen) atoms. The highest BCUT2D eigenvalue weighted by Crippen LogP contribution is 2.37. The van der Waals surface area contributed by atoms with Gasteiger partial charge in [0, 0.05) is 12.5 Å². The maximum atomic E-state index is 5.77. The van der Waals surface area contributed by atoms with Crippen molar-refractivity contribution in [3.05, 3.63) is 11.8 Å². The lowest BCUT2D eigenvalue weighted by Gasteiger charge is -2.42. The Morgan fingerprint density at radius 3 is 2.65 bits per heavy atom. The highest BCUT2D eigenvalue weighted by Gasteiger charge is 2.40. The molecule has 1 fully saturated rings. The van der Waals surface area contributed by atoms with Crippen molar-refractivity contribution in [3.8, 4) is 0 Å². The van der Waals surface area contributed by atoms with Crippen LogP contribution in [0.15, 0.2) is 11.8 Å².